The molecule has 1 aromatic carbocycles. The minimum atomic E-state index is -1.37. The van der Waals surface area contributed by atoms with E-state index in [9.17, 15) is 14.4 Å². The zero-order valence-corrected chi connectivity index (χ0v) is 18.9. The summed E-state index contributed by atoms with van der Waals surface area (Å²) in [6, 6.07) is 10.3. The number of nitrogens with zero attached hydrogens (tertiary/aromatic N) is 2. The summed E-state index contributed by atoms with van der Waals surface area (Å²) in [5.74, 6) is -0.485. The number of carbonyl (C=O) groups excluding carboxylic acids is 3. The minimum Gasteiger partial charge on any atom is -0.458 e. The summed E-state index contributed by atoms with van der Waals surface area (Å²) in [7, 11) is 1.63. The fourth-order valence-electron chi connectivity index (χ4n) is 4.52. The van der Waals surface area contributed by atoms with Crippen LogP contribution < -0.4 is 5.32 Å². The van der Waals surface area contributed by atoms with Crippen molar-refractivity contribution in [2.45, 2.75) is 39.3 Å². The lowest BCUT2D eigenvalue weighted by atomic mass is 9.98. The summed E-state index contributed by atoms with van der Waals surface area (Å²) < 4.78 is 13.1. The maximum Gasteiger partial charge on any atom is 0.325 e. The first-order valence-electron chi connectivity index (χ1n) is 10.5. The standard InChI is InChI=1S/C24H27N3O5/c1-14-10-18(16(3)27(14)15(2)13-31-5)19(28)12-26-22(29)24(4,25-23(26)30)21-11-17-8-6-7-9-20(17)32-21/h6-11,15H,12-13H2,1-5H3,(H,25,30). The van der Waals surface area contributed by atoms with Crippen LogP contribution in [0.4, 0.5) is 4.79 Å². The number of amides is 3. The highest BCUT2D eigenvalue weighted by atomic mass is 16.5. The Morgan fingerprint density at radius 1 is 1.22 bits per heavy atom. The Labute approximate surface area is 186 Å². The molecule has 4 rings (SSSR count). The van der Waals surface area contributed by atoms with E-state index >= 15 is 0 Å². The van der Waals surface area contributed by atoms with Gasteiger partial charge in [0.1, 0.15) is 11.3 Å². The van der Waals surface area contributed by atoms with Crippen molar-refractivity contribution in [2.24, 2.45) is 0 Å². The van der Waals surface area contributed by atoms with Crippen molar-refractivity contribution in [2.75, 3.05) is 20.3 Å². The highest BCUT2D eigenvalue weighted by Gasteiger charge is 2.51. The lowest BCUT2D eigenvalue weighted by Crippen LogP contribution is -2.41. The van der Waals surface area contributed by atoms with Crippen LogP contribution in [0, 0.1) is 13.8 Å². The van der Waals surface area contributed by atoms with Crippen molar-refractivity contribution in [1.82, 2.24) is 14.8 Å². The van der Waals surface area contributed by atoms with Gasteiger partial charge in [0.2, 0.25) is 0 Å². The van der Waals surface area contributed by atoms with Crippen LogP contribution in [-0.2, 0) is 15.1 Å². The number of methoxy groups -OCH3 is 1. The van der Waals surface area contributed by atoms with E-state index in [1.807, 2.05) is 43.5 Å². The third-order valence-corrected chi connectivity index (χ3v) is 6.13. The molecule has 8 heteroatoms. The molecule has 3 aromatic rings. The molecule has 3 amide bonds. The lowest BCUT2D eigenvalue weighted by molar-refractivity contribution is -0.131. The molecular weight excluding hydrogens is 410 g/mol. The smallest absolute Gasteiger partial charge is 0.325 e. The number of carbonyl (C=O) groups is 3. The van der Waals surface area contributed by atoms with E-state index in [1.54, 1.807) is 32.2 Å². The Morgan fingerprint density at radius 2 is 1.94 bits per heavy atom. The van der Waals surface area contributed by atoms with Crippen LogP contribution in [0.5, 0.6) is 0 Å². The number of urea groups is 1. The Kier molecular flexibility index (Phi) is 5.42. The Hall–Kier alpha value is -3.39. The van der Waals surface area contributed by atoms with Gasteiger partial charge in [0.25, 0.3) is 5.91 Å². The lowest BCUT2D eigenvalue weighted by Gasteiger charge is -2.19. The van der Waals surface area contributed by atoms with Crippen molar-refractivity contribution in [3.63, 3.8) is 0 Å². The number of nitrogens with one attached hydrogen (secondary N) is 1. The monoisotopic (exact) mass is 437 g/mol. The van der Waals surface area contributed by atoms with Gasteiger partial charge in [-0.05, 0) is 45.9 Å². The van der Waals surface area contributed by atoms with Crippen molar-refractivity contribution in [1.29, 1.82) is 0 Å². The fraction of sp³-hybridized carbons (Fsp3) is 0.375. The number of rotatable bonds is 7. The highest BCUT2D eigenvalue weighted by Crippen LogP contribution is 2.33. The van der Waals surface area contributed by atoms with E-state index < -0.39 is 17.5 Å². The fourth-order valence-corrected chi connectivity index (χ4v) is 4.52. The molecule has 0 aliphatic carbocycles. The van der Waals surface area contributed by atoms with Crippen LogP contribution in [-0.4, -0.2) is 47.4 Å². The summed E-state index contributed by atoms with van der Waals surface area (Å²) in [6.45, 7) is 7.54. The molecule has 1 fully saturated rings. The summed E-state index contributed by atoms with van der Waals surface area (Å²) in [4.78, 5) is 40.0. The molecule has 1 saturated heterocycles. The van der Waals surface area contributed by atoms with Crippen LogP contribution in [0.1, 0.15) is 47.4 Å². The summed E-state index contributed by atoms with van der Waals surface area (Å²) in [5.41, 5.74) is 1.44. The molecule has 1 aliphatic rings. The van der Waals surface area contributed by atoms with E-state index in [0.717, 1.165) is 21.7 Å². The van der Waals surface area contributed by atoms with E-state index in [-0.39, 0.29) is 18.4 Å². The van der Waals surface area contributed by atoms with Crippen LogP contribution >= 0.6 is 0 Å². The van der Waals surface area contributed by atoms with Gasteiger partial charge in [-0.1, -0.05) is 18.2 Å². The topological polar surface area (TPSA) is 93.8 Å². The van der Waals surface area contributed by atoms with Crippen LogP contribution in [0.3, 0.4) is 0 Å². The van der Waals surface area contributed by atoms with E-state index in [0.29, 0.717) is 23.5 Å². The SMILES string of the molecule is COCC(C)n1c(C)cc(C(=O)CN2C(=O)NC(C)(c3cc4ccccc4o3)C2=O)c1C. The Bertz CT molecular complexity index is 1190. The number of ether oxygens (including phenoxy) is 1. The number of aromatic nitrogens is 1. The van der Waals surface area contributed by atoms with Gasteiger partial charge < -0.3 is 19.0 Å². The van der Waals surface area contributed by atoms with Crippen LogP contribution in [0.25, 0.3) is 11.0 Å². The number of para-hydroxylation sites is 1. The molecule has 0 radical (unpaired) electrons. The number of hydrogen-bond acceptors (Lipinski definition) is 5. The van der Waals surface area contributed by atoms with Crippen molar-refractivity contribution in [3.8, 4) is 0 Å². The third kappa shape index (κ3) is 3.40. The third-order valence-electron chi connectivity index (χ3n) is 6.13. The van der Waals surface area contributed by atoms with E-state index in [4.69, 9.17) is 9.15 Å². The normalized spacial score (nSPS) is 19.6. The van der Waals surface area contributed by atoms with Crippen molar-refractivity contribution in [3.05, 3.63) is 59.1 Å². The summed E-state index contributed by atoms with van der Waals surface area (Å²) in [5, 5.41) is 3.53. The Morgan fingerprint density at radius 3 is 2.62 bits per heavy atom. The molecule has 1 aliphatic heterocycles. The molecule has 2 aromatic heterocycles. The van der Waals surface area contributed by atoms with E-state index in [1.165, 1.54) is 0 Å². The number of ketones is 1. The van der Waals surface area contributed by atoms with Gasteiger partial charge >= 0.3 is 6.03 Å². The average molecular weight is 437 g/mol. The number of fused-ring (bicyclic) bond motifs is 1. The molecule has 2 unspecified atom stereocenters. The second kappa shape index (κ2) is 7.94. The van der Waals surface area contributed by atoms with Gasteiger partial charge in [-0.15, -0.1) is 0 Å². The van der Waals surface area contributed by atoms with Gasteiger partial charge in [-0.2, -0.15) is 0 Å². The highest BCUT2D eigenvalue weighted by molar-refractivity contribution is 6.11. The predicted molar refractivity (Wildman–Crippen MR) is 119 cm³/mol. The molecule has 8 nitrogen and oxygen atoms in total. The first kappa shape index (κ1) is 21.8. The van der Waals surface area contributed by atoms with Gasteiger partial charge in [0.05, 0.1) is 19.2 Å². The minimum absolute atomic E-state index is 0.0506. The molecule has 32 heavy (non-hydrogen) atoms. The second-order valence-corrected chi connectivity index (χ2v) is 8.48. The first-order valence-corrected chi connectivity index (χ1v) is 10.5. The molecular formula is C24H27N3O5. The average Bonchev–Trinajstić information content (AvgIpc) is 3.37. The van der Waals surface area contributed by atoms with Crippen LogP contribution in [0.15, 0.2) is 40.8 Å². The van der Waals surface area contributed by atoms with Crippen LogP contribution in [0.2, 0.25) is 0 Å². The molecule has 3 heterocycles. The largest absolute Gasteiger partial charge is 0.458 e. The predicted octanol–water partition coefficient (Wildman–Crippen LogP) is 3.71. The van der Waals surface area contributed by atoms with Gasteiger partial charge in [-0.25, -0.2) is 4.79 Å². The van der Waals surface area contributed by atoms with Gasteiger partial charge in [0.15, 0.2) is 11.3 Å². The molecule has 0 bridgehead atoms. The summed E-state index contributed by atoms with van der Waals surface area (Å²) in [6.07, 6.45) is 0. The number of furan rings is 1. The van der Waals surface area contributed by atoms with Gasteiger partial charge in [-0.3, -0.25) is 14.5 Å². The number of imide groups is 1. The Balaban J connectivity index is 1.59. The number of Topliss-reactive ketones (excluding diaryl/α,β-unsaturated/α-hetero) is 1. The number of aryl methyl sites for hydroxylation is 1. The summed E-state index contributed by atoms with van der Waals surface area (Å²) >= 11 is 0. The second-order valence-electron chi connectivity index (χ2n) is 8.48. The zero-order valence-electron chi connectivity index (χ0n) is 18.9. The maximum absolute atomic E-state index is 13.2. The van der Waals surface area contributed by atoms with Crippen molar-refractivity contribution >= 4 is 28.7 Å². The molecule has 0 saturated carbocycles. The van der Waals surface area contributed by atoms with E-state index in [2.05, 4.69) is 5.32 Å². The zero-order chi connectivity index (χ0) is 23.2. The quantitative estimate of drug-likeness (QED) is 0.449. The van der Waals surface area contributed by atoms with Gasteiger partial charge in [0, 0.05) is 29.4 Å². The first-order chi connectivity index (χ1) is 15.2. The molecule has 0 spiro atoms. The number of benzene rings is 1. The molecule has 2 atom stereocenters. The van der Waals surface area contributed by atoms with Crippen molar-refractivity contribution < 1.29 is 23.5 Å². The maximum atomic E-state index is 13.2. The molecule has 1 N–H and O–H groups in total. The number of hydrogen-bond donors (Lipinski definition) is 1. The molecule has 168 valence electrons.